The van der Waals surface area contributed by atoms with E-state index in [4.69, 9.17) is 14.7 Å². The summed E-state index contributed by atoms with van der Waals surface area (Å²) >= 11 is 0. The molecular formula is C37H34N6O4. The van der Waals surface area contributed by atoms with Crippen LogP contribution in [0.2, 0.25) is 0 Å². The first kappa shape index (κ1) is 29.9. The van der Waals surface area contributed by atoms with Crippen LogP contribution in [-0.2, 0) is 11.3 Å². The molecule has 3 N–H and O–H groups in total. The van der Waals surface area contributed by atoms with Crippen molar-refractivity contribution in [1.82, 2.24) is 29.7 Å². The number of piperidine rings is 2. The maximum absolute atomic E-state index is 13.0. The molecule has 4 heterocycles. The molecule has 5 aromatic rings. The van der Waals surface area contributed by atoms with Gasteiger partial charge in [-0.15, -0.1) is 0 Å². The predicted octanol–water partition coefficient (Wildman–Crippen LogP) is 6.91. The number of rotatable bonds is 4. The van der Waals surface area contributed by atoms with Crippen molar-refractivity contribution in [3.63, 3.8) is 0 Å². The Labute approximate surface area is 272 Å². The van der Waals surface area contributed by atoms with Crippen molar-refractivity contribution in [2.24, 2.45) is 0 Å². The summed E-state index contributed by atoms with van der Waals surface area (Å²) in [6.07, 6.45) is 4.11. The lowest BCUT2D eigenvalue weighted by Crippen LogP contribution is -2.39. The number of hydrogen-bond acceptors (Lipinski definition) is 5. The average molecular weight is 627 g/mol. The van der Waals surface area contributed by atoms with Gasteiger partial charge in [-0.3, -0.25) is 9.80 Å². The lowest BCUT2D eigenvalue weighted by molar-refractivity contribution is 0.0661. The first-order chi connectivity index (χ1) is 23.0. The second-order valence-corrected chi connectivity index (χ2v) is 11.9. The number of H-pyrrole nitrogens is 2. The maximum atomic E-state index is 13.0. The van der Waals surface area contributed by atoms with E-state index in [1.807, 2.05) is 66.7 Å². The molecule has 0 bridgehead atoms. The minimum absolute atomic E-state index is 0.179. The Morgan fingerprint density at radius 2 is 1.32 bits per heavy atom. The van der Waals surface area contributed by atoms with Crippen LogP contribution in [0.1, 0.15) is 78.9 Å². The summed E-state index contributed by atoms with van der Waals surface area (Å²) in [6, 6.07) is 20.7. The summed E-state index contributed by atoms with van der Waals surface area (Å²) in [6.45, 7) is 1.38. The van der Waals surface area contributed by atoms with Crippen molar-refractivity contribution in [1.29, 1.82) is 0 Å². The third kappa shape index (κ3) is 6.63. The van der Waals surface area contributed by atoms with Gasteiger partial charge in [0.25, 0.3) is 0 Å². The molecule has 0 spiro atoms. The van der Waals surface area contributed by atoms with Gasteiger partial charge in [0.15, 0.2) is 0 Å². The molecule has 0 aliphatic carbocycles. The minimum atomic E-state index is -0.917. The number of imidazole rings is 2. The van der Waals surface area contributed by atoms with E-state index in [9.17, 15) is 14.7 Å². The molecule has 10 nitrogen and oxygen atoms in total. The Morgan fingerprint density at radius 1 is 0.766 bits per heavy atom. The van der Waals surface area contributed by atoms with Crippen LogP contribution in [0.25, 0.3) is 22.1 Å². The molecule has 0 radical (unpaired) electrons. The second-order valence-electron chi connectivity index (χ2n) is 11.9. The van der Waals surface area contributed by atoms with Crippen LogP contribution in [0.5, 0.6) is 0 Å². The van der Waals surface area contributed by atoms with Gasteiger partial charge in [0.05, 0.1) is 34.2 Å². The van der Waals surface area contributed by atoms with E-state index < -0.39 is 6.09 Å². The zero-order valence-corrected chi connectivity index (χ0v) is 25.8. The van der Waals surface area contributed by atoms with Gasteiger partial charge in [0, 0.05) is 24.2 Å². The van der Waals surface area contributed by atoms with E-state index in [0.717, 1.165) is 83.1 Å². The number of ether oxygens (including phenoxy) is 1. The molecular weight excluding hydrogens is 592 g/mol. The molecule has 2 atom stereocenters. The summed E-state index contributed by atoms with van der Waals surface area (Å²) in [4.78, 5) is 44.3. The number of carboxylic acid groups (broad SMARTS) is 1. The quantitative estimate of drug-likeness (QED) is 0.186. The highest BCUT2D eigenvalue weighted by Gasteiger charge is 2.32. The van der Waals surface area contributed by atoms with Gasteiger partial charge in [-0.05, 0) is 92.3 Å². The molecule has 2 saturated heterocycles. The normalized spacial score (nSPS) is 17.9. The number of nitrogens with zero attached hydrogens (tertiary/aromatic N) is 4. The number of aromatic nitrogens is 4. The van der Waals surface area contributed by atoms with Crippen molar-refractivity contribution < 1.29 is 19.4 Å². The van der Waals surface area contributed by atoms with Crippen LogP contribution in [0, 0.1) is 23.7 Å². The Hall–Kier alpha value is -5.74. The largest absolute Gasteiger partial charge is 0.465 e. The number of aromatic amines is 2. The third-order valence-electron chi connectivity index (χ3n) is 8.80. The summed E-state index contributed by atoms with van der Waals surface area (Å²) in [5.74, 6) is 13.5. The fourth-order valence-electron chi connectivity index (χ4n) is 6.41. The monoisotopic (exact) mass is 626 g/mol. The lowest BCUT2D eigenvalue weighted by atomic mass is 10.0. The molecule has 2 aliphatic rings. The van der Waals surface area contributed by atoms with Crippen LogP contribution < -0.4 is 0 Å². The van der Waals surface area contributed by atoms with Gasteiger partial charge in [0.1, 0.15) is 18.3 Å². The molecule has 236 valence electrons. The molecule has 7 rings (SSSR count). The topological polar surface area (TPSA) is 127 Å². The summed E-state index contributed by atoms with van der Waals surface area (Å²) in [7, 11) is 0. The van der Waals surface area contributed by atoms with Gasteiger partial charge >= 0.3 is 12.2 Å². The van der Waals surface area contributed by atoms with Gasteiger partial charge in [-0.1, -0.05) is 42.2 Å². The van der Waals surface area contributed by atoms with E-state index in [2.05, 4.69) is 33.6 Å². The van der Waals surface area contributed by atoms with Crippen LogP contribution in [0.15, 0.2) is 66.7 Å². The van der Waals surface area contributed by atoms with Crippen molar-refractivity contribution in [2.45, 2.75) is 57.2 Å². The van der Waals surface area contributed by atoms with Crippen molar-refractivity contribution >= 4 is 34.3 Å². The number of hydrogen-bond donors (Lipinski definition) is 3. The zero-order chi connectivity index (χ0) is 32.2. The molecule has 2 fully saturated rings. The summed E-state index contributed by atoms with van der Waals surface area (Å²) < 4.78 is 5.65. The van der Waals surface area contributed by atoms with Crippen LogP contribution >= 0.6 is 0 Å². The Bertz CT molecular complexity index is 2060. The zero-order valence-electron chi connectivity index (χ0n) is 25.8. The van der Waals surface area contributed by atoms with Crippen LogP contribution in [0.3, 0.4) is 0 Å². The first-order valence-corrected chi connectivity index (χ1v) is 16.0. The van der Waals surface area contributed by atoms with E-state index in [-0.39, 0.29) is 24.8 Å². The Morgan fingerprint density at radius 3 is 1.89 bits per heavy atom. The third-order valence-corrected chi connectivity index (χ3v) is 8.80. The van der Waals surface area contributed by atoms with Crippen LogP contribution in [-0.4, -0.2) is 60.1 Å². The molecule has 2 amide bonds. The molecule has 10 heteroatoms. The minimum Gasteiger partial charge on any atom is -0.465 e. The summed E-state index contributed by atoms with van der Waals surface area (Å²) in [5.41, 5.74) is 5.77. The first-order valence-electron chi connectivity index (χ1n) is 16.0. The molecule has 0 unspecified atom stereocenters. The van der Waals surface area contributed by atoms with Crippen molar-refractivity contribution in [3.05, 3.63) is 95.1 Å². The maximum Gasteiger partial charge on any atom is 0.410 e. The van der Waals surface area contributed by atoms with E-state index in [0.29, 0.717) is 18.9 Å². The number of carbonyl (C=O) groups is 2. The van der Waals surface area contributed by atoms with Gasteiger partial charge in [0.2, 0.25) is 0 Å². The smallest absolute Gasteiger partial charge is 0.410 e. The Kier molecular flexibility index (Phi) is 8.48. The predicted molar refractivity (Wildman–Crippen MR) is 177 cm³/mol. The van der Waals surface area contributed by atoms with E-state index in [1.165, 1.54) is 4.90 Å². The van der Waals surface area contributed by atoms with Crippen molar-refractivity contribution in [3.8, 4) is 23.7 Å². The van der Waals surface area contributed by atoms with E-state index >= 15 is 0 Å². The highest BCUT2D eigenvalue weighted by molar-refractivity contribution is 5.78. The molecule has 2 aliphatic heterocycles. The number of carbonyl (C=O) groups excluding carboxylic acids is 1. The molecule has 0 saturated carbocycles. The van der Waals surface area contributed by atoms with Gasteiger partial charge in [-0.2, -0.15) is 0 Å². The Balaban J connectivity index is 1.03. The number of likely N-dealkylation sites (tertiary alicyclic amines) is 2. The molecule has 2 aromatic heterocycles. The second kappa shape index (κ2) is 13.3. The number of benzene rings is 3. The van der Waals surface area contributed by atoms with Gasteiger partial charge < -0.3 is 19.8 Å². The number of amides is 2. The fourth-order valence-corrected chi connectivity index (χ4v) is 6.41. The fraction of sp³-hybridized carbons (Fsp3) is 0.297. The van der Waals surface area contributed by atoms with Crippen molar-refractivity contribution in [2.75, 3.05) is 13.1 Å². The summed E-state index contributed by atoms with van der Waals surface area (Å²) in [5, 5.41) is 9.60. The van der Waals surface area contributed by atoms with Crippen LogP contribution in [0.4, 0.5) is 9.59 Å². The molecule has 47 heavy (non-hydrogen) atoms. The van der Waals surface area contributed by atoms with E-state index in [1.54, 1.807) is 4.90 Å². The van der Waals surface area contributed by atoms with Gasteiger partial charge in [-0.25, -0.2) is 19.6 Å². The highest BCUT2D eigenvalue weighted by atomic mass is 16.6. The standard InChI is InChI=1S/C37H34N6O4/c44-36(45)42-20-8-6-14-32(42)34-38-28-18-16-25(22-30(28)40-34)10-4-5-11-26-17-19-29-31(23-26)41-35(39-29)33-15-7-9-21-43(33)37(46)47-24-27-12-2-1-3-13-27/h1-3,12-13,16-19,22-23,32-33H,6-9,14-15,20-21,24H2,(H,38,40)(H,39,41)(H,44,45)/t32-,33-/m0/s1. The molecule has 3 aromatic carbocycles. The number of nitrogens with one attached hydrogen (secondary N) is 2. The SMILES string of the molecule is O=C(O)N1CCCC[C@H]1c1nc2cc(C#CC#Cc3ccc4[nH]c([C@@H]5CCCCN5C(=O)OCc5ccccc5)nc4c3)ccc2[nH]1. The average Bonchev–Trinajstić information content (AvgIpc) is 3.73. The number of fused-ring (bicyclic) bond motifs is 2. The highest BCUT2D eigenvalue weighted by Crippen LogP contribution is 2.32. The lowest BCUT2D eigenvalue weighted by Gasteiger charge is -2.33.